The van der Waals surface area contributed by atoms with Crippen LogP contribution in [-0.2, 0) is 6.54 Å². The third-order valence-electron chi connectivity index (χ3n) is 3.46. The minimum absolute atomic E-state index is 0.764. The van der Waals surface area contributed by atoms with Crippen molar-refractivity contribution in [2.24, 2.45) is 4.99 Å². The highest BCUT2D eigenvalue weighted by Crippen LogP contribution is 2.26. The van der Waals surface area contributed by atoms with Crippen LogP contribution in [-0.4, -0.2) is 4.57 Å². The molecule has 0 atom stereocenters. The lowest BCUT2D eigenvalue weighted by Gasteiger charge is -2.05. The molecule has 1 aromatic carbocycles. The Hall–Kier alpha value is -1.91. The zero-order valence-electron chi connectivity index (χ0n) is 12.7. The molecule has 112 valence electrons. The van der Waals surface area contributed by atoms with Crippen molar-refractivity contribution in [3.63, 3.8) is 0 Å². The number of hydrogen-bond acceptors (Lipinski definition) is 3. The Morgan fingerprint density at radius 1 is 1.23 bits per heavy atom. The fraction of sp³-hybridized carbons (Fsp3) is 0.167. The number of hydrogen-bond donors (Lipinski definition) is 0. The van der Waals surface area contributed by atoms with Crippen LogP contribution in [0.3, 0.4) is 0 Å². The van der Waals surface area contributed by atoms with E-state index in [0.29, 0.717) is 0 Å². The molecule has 2 heterocycles. The zero-order valence-corrected chi connectivity index (χ0v) is 14.4. The van der Waals surface area contributed by atoms with Gasteiger partial charge in [0.05, 0.1) is 16.3 Å². The number of nitrogens with zero attached hydrogens (tertiary/aromatic N) is 2. The average molecular weight is 326 g/mol. The predicted octanol–water partition coefficient (Wildman–Crippen LogP) is 5.31. The number of allylic oxidation sites excluding steroid dienone is 1. The van der Waals surface area contributed by atoms with Crippen molar-refractivity contribution in [3.05, 3.63) is 69.7 Å². The van der Waals surface area contributed by atoms with E-state index in [1.165, 1.54) is 21.7 Å². The van der Waals surface area contributed by atoms with Crippen LogP contribution in [0.1, 0.15) is 11.1 Å². The van der Waals surface area contributed by atoms with Gasteiger partial charge in [-0.2, -0.15) is 0 Å². The van der Waals surface area contributed by atoms with Gasteiger partial charge < -0.3 is 4.57 Å². The van der Waals surface area contributed by atoms with Crippen molar-refractivity contribution in [1.82, 2.24) is 4.57 Å². The molecule has 3 aromatic rings. The molecule has 0 amide bonds. The standard InChI is InChI=1S/C18H18N2S2/c1-4-9-20-16(17-6-5-10-21-17)12-22-18(20)19-15-11-13(2)7-8-14(15)3/h4-8,10-12H,1,9H2,2-3H3. The fourth-order valence-electron chi connectivity index (χ4n) is 2.29. The van der Waals surface area contributed by atoms with E-state index in [-0.39, 0.29) is 0 Å². The zero-order chi connectivity index (χ0) is 15.5. The van der Waals surface area contributed by atoms with Crippen LogP contribution < -0.4 is 4.80 Å². The van der Waals surface area contributed by atoms with Crippen molar-refractivity contribution in [2.75, 3.05) is 0 Å². The lowest BCUT2D eigenvalue weighted by Crippen LogP contribution is -2.14. The third-order valence-corrected chi connectivity index (χ3v) is 5.22. The summed E-state index contributed by atoms with van der Waals surface area (Å²) in [7, 11) is 0. The van der Waals surface area contributed by atoms with E-state index in [4.69, 9.17) is 4.99 Å². The van der Waals surface area contributed by atoms with E-state index in [0.717, 1.165) is 17.0 Å². The monoisotopic (exact) mass is 326 g/mol. The van der Waals surface area contributed by atoms with Gasteiger partial charge in [0.1, 0.15) is 0 Å². The lowest BCUT2D eigenvalue weighted by atomic mass is 10.1. The molecule has 0 saturated carbocycles. The van der Waals surface area contributed by atoms with Crippen LogP contribution in [0.5, 0.6) is 0 Å². The smallest absolute Gasteiger partial charge is 0.190 e. The van der Waals surface area contributed by atoms with Crippen molar-refractivity contribution in [3.8, 4) is 10.6 Å². The molecule has 0 radical (unpaired) electrons. The average Bonchev–Trinajstić information content (AvgIpc) is 3.14. The van der Waals surface area contributed by atoms with E-state index in [1.54, 1.807) is 22.7 Å². The summed E-state index contributed by atoms with van der Waals surface area (Å²) >= 11 is 3.43. The van der Waals surface area contributed by atoms with Gasteiger partial charge in [0.2, 0.25) is 0 Å². The molecule has 0 bridgehead atoms. The molecule has 0 N–H and O–H groups in total. The van der Waals surface area contributed by atoms with Crippen LogP contribution in [0, 0.1) is 13.8 Å². The van der Waals surface area contributed by atoms with Crippen molar-refractivity contribution < 1.29 is 0 Å². The van der Waals surface area contributed by atoms with E-state index < -0.39 is 0 Å². The van der Waals surface area contributed by atoms with Gasteiger partial charge in [-0.3, -0.25) is 0 Å². The van der Waals surface area contributed by atoms with Gasteiger partial charge >= 0.3 is 0 Å². The number of benzene rings is 1. The van der Waals surface area contributed by atoms with Gasteiger partial charge in [-0.05, 0) is 42.5 Å². The Kier molecular flexibility index (Phi) is 4.41. The summed E-state index contributed by atoms with van der Waals surface area (Å²) in [5.74, 6) is 0. The van der Waals surface area contributed by atoms with Gasteiger partial charge in [-0.25, -0.2) is 4.99 Å². The molecule has 0 aliphatic rings. The first kappa shape index (κ1) is 15.0. The normalized spacial score (nSPS) is 11.8. The maximum absolute atomic E-state index is 4.89. The molecule has 2 nitrogen and oxygen atoms in total. The number of aromatic nitrogens is 1. The molecule has 2 aromatic heterocycles. The maximum Gasteiger partial charge on any atom is 0.190 e. The molecule has 0 unspecified atom stereocenters. The minimum Gasteiger partial charge on any atom is -0.312 e. The summed E-state index contributed by atoms with van der Waals surface area (Å²) < 4.78 is 2.23. The topological polar surface area (TPSA) is 17.3 Å². The van der Waals surface area contributed by atoms with Crippen LogP contribution in [0.4, 0.5) is 5.69 Å². The Bertz CT molecular complexity index is 852. The Labute approximate surface area is 138 Å². The summed E-state index contributed by atoms with van der Waals surface area (Å²) in [4.78, 5) is 7.16. The summed E-state index contributed by atoms with van der Waals surface area (Å²) in [6, 6.07) is 10.6. The SMILES string of the molecule is C=CCn1c(-c2cccs2)csc1=Nc1cc(C)ccc1C. The second-order valence-electron chi connectivity index (χ2n) is 5.18. The molecule has 22 heavy (non-hydrogen) atoms. The summed E-state index contributed by atoms with van der Waals surface area (Å²) in [5.41, 5.74) is 4.68. The Balaban J connectivity index is 2.16. The highest BCUT2D eigenvalue weighted by molar-refractivity contribution is 7.14. The second kappa shape index (κ2) is 6.46. The van der Waals surface area contributed by atoms with Crippen molar-refractivity contribution in [2.45, 2.75) is 20.4 Å². The molecule has 0 spiro atoms. The highest BCUT2D eigenvalue weighted by atomic mass is 32.1. The van der Waals surface area contributed by atoms with Crippen LogP contribution in [0.25, 0.3) is 10.6 Å². The molecule has 3 rings (SSSR count). The number of aryl methyl sites for hydroxylation is 2. The summed E-state index contributed by atoms with van der Waals surface area (Å²) in [6.45, 7) is 8.85. The largest absolute Gasteiger partial charge is 0.312 e. The Morgan fingerprint density at radius 2 is 2.09 bits per heavy atom. The van der Waals surface area contributed by atoms with Crippen molar-refractivity contribution >= 4 is 28.4 Å². The first-order chi connectivity index (χ1) is 10.7. The molecule has 0 saturated heterocycles. The lowest BCUT2D eigenvalue weighted by molar-refractivity contribution is 0.801. The number of thiophene rings is 1. The van der Waals surface area contributed by atoms with E-state index >= 15 is 0 Å². The number of rotatable bonds is 4. The van der Waals surface area contributed by atoms with Crippen molar-refractivity contribution in [1.29, 1.82) is 0 Å². The van der Waals surface area contributed by atoms with Gasteiger partial charge in [0, 0.05) is 11.9 Å². The number of thiazole rings is 1. The summed E-state index contributed by atoms with van der Waals surface area (Å²) in [6.07, 6.45) is 1.92. The first-order valence-corrected chi connectivity index (χ1v) is 8.90. The van der Waals surface area contributed by atoms with E-state index in [1.807, 2.05) is 6.08 Å². The molecule has 0 aliphatic heterocycles. The first-order valence-electron chi connectivity index (χ1n) is 7.14. The van der Waals surface area contributed by atoms with E-state index in [2.05, 4.69) is 66.1 Å². The van der Waals surface area contributed by atoms with Gasteiger partial charge in [-0.15, -0.1) is 29.3 Å². The van der Waals surface area contributed by atoms with Crippen LogP contribution in [0.2, 0.25) is 0 Å². The molecule has 4 heteroatoms. The molecule has 0 aliphatic carbocycles. The van der Waals surface area contributed by atoms with Crippen LogP contribution >= 0.6 is 22.7 Å². The Morgan fingerprint density at radius 3 is 2.82 bits per heavy atom. The molecular weight excluding hydrogens is 308 g/mol. The quantitative estimate of drug-likeness (QED) is 0.578. The second-order valence-corrected chi connectivity index (χ2v) is 6.97. The molecular formula is C18H18N2S2. The predicted molar refractivity (Wildman–Crippen MR) is 97.0 cm³/mol. The molecule has 0 fully saturated rings. The highest BCUT2D eigenvalue weighted by Gasteiger charge is 2.08. The minimum atomic E-state index is 0.764. The van der Waals surface area contributed by atoms with Gasteiger partial charge in [-0.1, -0.05) is 24.3 Å². The van der Waals surface area contributed by atoms with E-state index in [9.17, 15) is 0 Å². The van der Waals surface area contributed by atoms with Crippen LogP contribution in [0.15, 0.2) is 58.7 Å². The van der Waals surface area contributed by atoms with Gasteiger partial charge in [0.25, 0.3) is 0 Å². The maximum atomic E-state index is 4.89. The van der Waals surface area contributed by atoms with Gasteiger partial charge in [0.15, 0.2) is 4.80 Å². The third kappa shape index (κ3) is 2.98. The summed E-state index contributed by atoms with van der Waals surface area (Å²) in [5, 5.41) is 4.28. The fourth-order valence-corrected chi connectivity index (χ4v) is 4.04.